The number of hydrogen-bond acceptors (Lipinski definition) is 2. The fourth-order valence-electron chi connectivity index (χ4n) is 0.747. The van der Waals surface area contributed by atoms with Gasteiger partial charge in [0.1, 0.15) is 5.02 Å². The molecule has 12 heavy (non-hydrogen) atoms. The first-order valence-electron chi connectivity index (χ1n) is 3.66. The van der Waals surface area contributed by atoms with Crippen LogP contribution in [0.25, 0.3) is 0 Å². The second-order valence-electron chi connectivity index (χ2n) is 3.60. The zero-order valence-electron chi connectivity index (χ0n) is 7.34. The fraction of sp³-hybridized carbons (Fsp3) is 0.500. The molecule has 1 heterocycles. The topological polar surface area (TPSA) is 34.9 Å². The van der Waals surface area contributed by atoms with Gasteiger partial charge >= 0.3 is 0 Å². The molecule has 0 spiro atoms. The average molecular weight is 187 g/mol. The van der Waals surface area contributed by atoms with Gasteiger partial charge < -0.3 is 0 Å². The van der Waals surface area contributed by atoms with E-state index in [1.165, 1.54) is 6.20 Å². The summed E-state index contributed by atoms with van der Waals surface area (Å²) in [6.07, 6.45) is 2.78. The highest BCUT2D eigenvalue weighted by Crippen LogP contribution is 2.11. The standard InChI is InChI=1S/C8H11ClN2O/c1-8(2,3)11-5-6(9)7(12)4-10-11/h4-5H,1-3H3. The molecule has 0 atom stereocenters. The molecule has 1 rings (SSSR count). The fourth-order valence-corrected chi connectivity index (χ4v) is 0.889. The van der Waals surface area contributed by atoms with Crippen LogP contribution in [0.2, 0.25) is 5.02 Å². The van der Waals surface area contributed by atoms with Gasteiger partial charge in [-0.2, -0.15) is 5.10 Å². The van der Waals surface area contributed by atoms with Crippen LogP contribution in [-0.2, 0) is 5.54 Å². The molecule has 0 saturated carbocycles. The molecule has 0 aromatic carbocycles. The van der Waals surface area contributed by atoms with Crippen molar-refractivity contribution < 1.29 is 0 Å². The predicted octanol–water partition coefficient (Wildman–Crippen LogP) is 1.65. The number of halogens is 1. The van der Waals surface area contributed by atoms with Gasteiger partial charge in [-0.15, -0.1) is 0 Å². The van der Waals surface area contributed by atoms with Crippen molar-refractivity contribution in [3.8, 4) is 0 Å². The van der Waals surface area contributed by atoms with Gasteiger partial charge in [-0.3, -0.25) is 9.48 Å². The second kappa shape index (κ2) is 2.90. The minimum Gasteiger partial charge on any atom is -0.286 e. The lowest BCUT2D eigenvalue weighted by molar-refractivity contribution is 0.348. The van der Waals surface area contributed by atoms with Crippen molar-refractivity contribution >= 4 is 11.6 Å². The molecule has 3 nitrogen and oxygen atoms in total. The molecule has 1 aromatic heterocycles. The van der Waals surface area contributed by atoms with Crippen LogP contribution in [0.5, 0.6) is 0 Å². The highest BCUT2D eigenvalue weighted by molar-refractivity contribution is 6.30. The van der Waals surface area contributed by atoms with Crippen LogP contribution in [0.15, 0.2) is 17.2 Å². The molecule has 0 saturated heterocycles. The van der Waals surface area contributed by atoms with E-state index in [9.17, 15) is 4.79 Å². The normalized spacial score (nSPS) is 11.7. The lowest BCUT2D eigenvalue weighted by Gasteiger charge is -2.20. The molecular formula is C8H11ClN2O. The number of hydrogen-bond donors (Lipinski definition) is 0. The minimum atomic E-state index is -0.239. The van der Waals surface area contributed by atoms with Crippen LogP contribution < -0.4 is 5.43 Å². The third-order valence-electron chi connectivity index (χ3n) is 1.46. The van der Waals surface area contributed by atoms with E-state index in [0.717, 1.165) is 0 Å². The van der Waals surface area contributed by atoms with Gasteiger partial charge in [0.25, 0.3) is 0 Å². The van der Waals surface area contributed by atoms with E-state index in [1.807, 2.05) is 20.8 Å². The summed E-state index contributed by atoms with van der Waals surface area (Å²) in [5, 5.41) is 4.14. The third kappa shape index (κ3) is 1.85. The number of nitrogens with zero attached hydrogens (tertiary/aromatic N) is 2. The molecule has 0 aliphatic heterocycles. The molecule has 0 aliphatic carbocycles. The minimum absolute atomic E-state index is 0.142. The van der Waals surface area contributed by atoms with E-state index in [4.69, 9.17) is 11.6 Å². The summed E-state index contributed by atoms with van der Waals surface area (Å²) < 4.78 is 1.66. The Morgan fingerprint density at radius 3 is 2.50 bits per heavy atom. The van der Waals surface area contributed by atoms with E-state index < -0.39 is 0 Å². The van der Waals surface area contributed by atoms with E-state index in [0.29, 0.717) is 0 Å². The van der Waals surface area contributed by atoms with Crippen molar-refractivity contribution in [2.45, 2.75) is 26.3 Å². The molecule has 0 N–H and O–H groups in total. The molecule has 0 bridgehead atoms. The summed E-state index contributed by atoms with van der Waals surface area (Å²) in [4.78, 5) is 10.9. The van der Waals surface area contributed by atoms with Crippen molar-refractivity contribution in [3.05, 3.63) is 27.6 Å². The predicted molar refractivity (Wildman–Crippen MR) is 48.5 cm³/mol. The smallest absolute Gasteiger partial charge is 0.218 e. The molecular weight excluding hydrogens is 176 g/mol. The van der Waals surface area contributed by atoms with Gasteiger partial charge in [0.2, 0.25) is 5.43 Å². The Balaban J connectivity index is 3.23. The summed E-state index contributed by atoms with van der Waals surface area (Å²) in [5.74, 6) is 0. The van der Waals surface area contributed by atoms with Gasteiger partial charge in [-0.05, 0) is 20.8 Å². The molecule has 1 aromatic rings. The largest absolute Gasteiger partial charge is 0.286 e. The summed E-state index contributed by atoms with van der Waals surface area (Å²) >= 11 is 5.65. The van der Waals surface area contributed by atoms with E-state index in [1.54, 1.807) is 10.9 Å². The zero-order chi connectivity index (χ0) is 9.35. The first-order chi connectivity index (χ1) is 5.41. The quantitative estimate of drug-likeness (QED) is 0.618. The van der Waals surface area contributed by atoms with Crippen LogP contribution in [0.3, 0.4) is 0 Å². The van der Waals surface area contributed by atoms with Crippen LogP contribution in [0.4, 0.5) is 0 Å². The second-order valence-corrected chi connectivity index (χ2v) is 4.01. The molecule has 66 valence electrons. The molecule has 0 amide bonds. The number of rotatable bonds is 0. The Labute approximate surface area is 76.0 Å². The molecule has 0 radical (unpaired) electrons. The van der Waals surface area contributed by atoms with Gasteiger partial charge in [0.05, 0.1) is 11.7 Å². The average Bonchev–Trinajstić information content (AvgIpc) is 1.92. The highest BCUT2D eigenvalue weighted by Gasteiger charge is 2.12. The molecule has 0 fully saturated rings. The Bertz CT molecular complexity index is 338. The van der Waals surface area contributed by atoms with E-state index in [2.05, 4.69) is 5.10 Å². The molecule has 4 heteroatoms. The maximum absolute atomic E-state index is 10.9. The zero-order valence-corrected chi connectivity index (χ0v) is 8.09. The van der Waals surface area contributed by atoms with E-state index in [-0.39, 0.29) is 16.0 Å². The summed E-state index contributed by atoms with van der Waals surface area (Å²) in [5.41, 5.74) is -0.380. The molecule has 0 aliphatic rings. The number of aromatic nitrogens is 2. The Morgan fingerprint density at radius 2 is 2.08 bits per heavy atom. The summed E-state index contributed by atoms with van der Waals surface area (Å²) in [6.45, 7) is 5.96. The SMILES string of the molecule is CC(C)(C)n1cc(Cl)c(=O)cn1. The van der Waals surface area contributed by atoms with Gasteiger partial charge in [0.15, 0.2) is 0 Å². The van der Waals surface area contributed by atoms with Gasteiger partial charge in [-0.25, -0.2) is 0 Å². The van der Waals surface area contributed by atoms with Crippen LogP contribution >= 0.6 is 11.6 Å². The molecule has 0 unspecified atom stereocenters. The first kappa shape index (κ1) is 9.26. The van der Waals surface area contributed by atoms with Gasteiger partial charge in [0, 0.05) is 6.20 Å². The lowest BCUT2D eigenvalue weighted by Crippen LogP contribution is -2.26. The van der Waals surface area contributed by atoms with Crippen molar-refractivity contribution in [3.63, 3.8) is 0 Å². The third-order valence-corrected chi connectivity index (χ3v) is 1.74. The lowest BCUT2D eigenvalue weighted by atomic mass is 10.1. The maximum atomic E-state index is 10.9. The van der Waals surface area contributed by atoms with Crippen molar-refractivity contribution in [1.82, 2.24) is 9.78 Å². The Kier molecular flexibility index (Phi) is 2.24. The maximum Gasteiger partial charge on any atom is 0.218 e. The Hall–Kier alpha value is -0.830. The highest BCUT2D eigenvalue weighted by atomic mass is 35.5. The van der Waals surface area contributed by atoms with Crippen molar-refractivity contribution in [2.75, 3.05) is 0 Å². The summed E-state index contributed by atoms with van der Waals surface area (Å²) in [7, 11) is 0. The van der Waals surface area contributed by atoms with E-state index >= 15 is 0 Å². The first-order valence-corrected chi connectivity index (χ1v) is 4.04. The van der Waals surface area contributed by atoms with Crippen LogP contribution in [0.1, 0.15) is 20.8 Å². The van der Waals surface area contributed by atoms with Crippen molar-refractivity contribution in [1.29, 1.82) is 0 Å². The summed E-state index contributed by atoms with van der Waals surface area (Å²) in [6, 6.07) is 0. The van der Waals surface area contributed by atoms with Gasteiger partial charge in [-0.1, -0.05) is 11.6 Å². The van der Waals surface area contributed by atoms with Crippen LogP contribution in [-0.4, -0.2) is 9.78 Å². The Morgan fingerprint density at radius 1 is 1.50 bits per heavy atom. The monoisotopic (exact) mass is 186 g/mol. The van der Waals surface area contributed by atoms with Crippen molar-refractivity contribution in [2.24, 2.45) is 0 Å². The van der Waals surface area contributed by atoms with Crippen LogP contribution in [0, 0.1) is 0 Å².